The molecule has 1 aromatic rings. The highest BCUT2D eigenvalue weighted by molar-refractivity contribution is 9.10. The van der Waals surface area contributed by atoms with E-state index in [1.165, 1.54) is 13.3 Å². The van der Waals surface area contributed by atoms with Crippen LogP contribution in [-0.4, -0.2) is 30.4 Å². The summed E-state index contributed by atoms with van der Waals surface area (Å²) in [6, 6.07) is 3.43. The zero-order chi connectivity index (χ0) is 19.5. The van der Waals surface area contributed by atoms with Gasteiger partial charge < -0.3 is 4.74 Å². The van der Waals surface area contributed by atoms with Crippen molar-refractivity contribution in [3.63, 3.8) is 0 Å². The van der Waals surface area contributed by atoms with Crippen molar-refractivity contribution in [2.75, 3.05) is 7.11 Å². The topological polar surface area (TPSA) is 80.1 Å². The molecule has 1 aromatic carbocycles. The number of nitrogens with zero attached hydrogens (tertiary/aromatic N) is 2. The Morgan fingerprint density at radius 3 is 2.69 bits per heavy atom. The molecule has 1 heterocycles. The van der Waals surface area contributed by atoms with Crippen molar-refractivity contribution >= 4 is 51.0 Å². The second-order valence-electron chi connectivity index (χ2n) is 6.35. The van der Waals surface area contributed by atoms with Crippen LogP contribution < -0.4 is 5.32 Å². The molecule has 0 atom stereocenters. The molecule has 26 heavy (non-hydrogen) atoms. The molecule has 1 aliphatic rings. The third-order valence-corrected chi connectivity index (χ3v) is 4.85. The van der Waals surface area contributed by atoms with Crippen LogP contribution in [0.25, 0.3) is 0 Å². The van der Waals surface area contributed by atoms with E-state index in [4.69, 9.17) is 0 Å². The Morgan fingerprint density at radius 1 is 1.38 bits per heavy atom. The van der Waals surface area contributed by atoms with Crippen LogP contribution in [-0.2, 0) is 19.7 Å². The van der Waals surface area contributed by atoms with Gasteiger partial charge in [-0.3, -0.25) is 10.1 Å². The first kappa shape index (κ1) is 20.3. The molecule has 0 aliphatic carbocycles. The van der Waals surface area contributed by atoms with Gasteiger partial charge in [-0.05, 0) is 50.8 Å². The normalized spacial score (nSPS) is 18.0. The summed E-state index contributed by atoms with van der Waals surface area (Å²) < 4.78 is 19.1. The van der Waals surface area contributed by atoms with Crippen LogP contribution in [0.15, 0.2) is 37.8 Å². The van der Waals surface area contributed by atoms with E-state index in [0.717, 1.165) is 23.4 Å². The lowest BCUT2D eigenvalue weighted by Gasteiger charge is -2.20. The number of amidine groups is 1. The fraction of sp³-hybridized carbons (Fsp3) is 0.294. The van der Waals surface area contributed by atoms with Crippen molar-refractivity contribution < 1.29 is 18.7 Å². The molecular formula is C17H17BrFN3O3S. The first-order valence-electron chi connectivity index (χ1n) is 7.51. The van der Waals surface area contributed by atoms with E-state index in [0.29, 0.717) is 4.47 Å². The van der Waals surface area contributed by atoms with Crippen LogP contribution in [0.2, 0.25) is 0 Å². The number of halogens is 2. The number of nitrogens with one attached hydrogen (secondary N) is 1. The summed E-state index contributed by atoms with van der Waals surface area (Å²) in [7, 11) is 1.22. The van der Waals surface area contributed by atoms with Gasteiger partial charge in [0, 0.05) is 11.6 Å². The van der Waals surface area contributed by atoms with Gasteiger partial charge in [0.1, 0.15) is 5.82 Å². The van der Waals surface area contributed by atoms with Crippen LogP contribution in [0.5, 0.6) is 0 Å². The van der Waals surface area contributed by atoms with Gasteiger partial charge in [0.05, 0.1) is 22.7 Å². The van der Waals surface area contributed by atoms with Crippen LogP contribution in [0.4, 0.5) is 4.39 Å². The summed E-state index contributed by atoms with van der Waals surface area (Å²) in [5.41, 5.74) is 1.05. The van der Waals surface area contributed by atoms with E-state index in [2.05, 4.69) is 36.2 Å². The highest BCUT2D eigenvalue weighted by atomic mass is 79.9. The van der Waals surface area contributed by atoms with Crippen LogP contribution in [0, 0.1) is 5.82 Å². The molecule has 1 amide bonds. The van der Waals surface area contributed by atoms with Gasteiger partial charge in [-0.15, -0.1) is 5.10 Å². The van der Waals surface area contributed by atoms with Crippen molar-refractivity contribution in [1.29, 1.82) is 0 Å². The minimum Gasteiger partial charge on any atom is -0.466 e. The van der Waals surface area contributed by atoms with Crippen LogP contribution in [0.1, 0.15) is 31.9 Å². The van der Waals surface area contributed by atoms with Gasteiger partial charge in [-0.25, -0.2) is 9.18 Å². The maximum Gasteiger partial charge on any atom is 0.331 e. The second kappa shape index (κ2) is 8.13. The number of amides is 1. The average Bonchev–Trinajstić information content (AvgIpc) is 2.89. The largest absolute Gasteiger partial charge is 0.466 e. The second-order valence-corrected chi connectivity index (χ2v) is 8.23. The molecule has 0 spiro atoms. The molecule has 9 heteroatoms. The first-order valence-corrected chi connectivity index (χ1v) is 9.12. The van der Waals surface area contributed by atoms with E-state index in [-0.39, 0.29) is 21.1 Å². The van der Waals surface area contributed by atoms with E-state index in [9.17, 15) is 14.0 Å². The summed E-state index contributed by atoms with van der Waals surface area (Å²) in [5, 5.41) is 10.3. The molecule has 0 bridgehead atoms. The summed E-state index contributed by atoms with van der Waals surface area (Å²) >= 11 is 4.15. The highest BCUT2D eigenvalue weighted by Gasteiger charge is 2.25. The molecule has 138 valence electrons. The number of methoxy groups -OCH3 is 1. The highest BCUT2D eigenvalue weighted by Crippen LogP contribution is 2.29. The number of hydrogen-bond donors (Lipinski definition) is 1. The third-order valence-electron chi connectivity index (χ3n) is 3.37. The number of thioether (sulfide) groups is 1. The standard InChI is InChI=1S/C17H17BrFN3O3S/c1-17(2,3)10-5-9(14(19)11(18)6-10)8-20-22-16-21-15(24)12(26-16)7-13(23)25-4/h5-8H,1-4H3,(H,21,22,24)/b12-7+,20-8?. The van der Waals surface area contributed by atoms with Gasteiger partial charge in [0.15, 0.2) is 5.17 Å². The van der Waals surface area contributed by atoms with Crippen LogP contribution >= 0.6 is 27.7 Å². The number of ether oxygens (including phenoxy) is 1. The quantitative estimate of drug-likeness (QED) is 0.336. The minimum atomic E-state index is -0.640. The number of hydrogen-bond acceptors (Lipinski definition) is 6. The molecule has 0 aromatic heterocycles. The van der Waals surface area contributed by atoms with Crippen molar-refractivity contribution in [2.45, 2.75) is 26.2 Å². The Morgan fingerprint density at radius 2 is 2.08 bits per heavy atom. The summed E-state index contributed by atoms with van der Waals surface area (Å²) in [6.07, 6.45) is 2.34. The van der Waals surface area contributed by atoms with Gasteiger partial charge in [0.25, 0.3) is 5.91 Å². The molecule has 6 nitrogen and oxygen atoms in total. The Labute approximate surface area is 163 Å². The molecule has 0 radical (unpaired) electrons. The number of carbonyl (C=O) groups is 2. The maximum atomic E-state index is 14.3. The zero-order valence-electron chi connectivity index (χ0n) is 14.6. The number of esters is 1. The fourth-order valence-corrected chi connectivity index (χ4v) is 3.14. The van der Waals surface area contributed by atoms with Crippen LogP contribution in [0.3, 0.4) is 0 Å². The molecule has 0 unspecified atom stereocenters. The Kier molecular flexibility index (Phi) is 6.35. The molecule has 1 saturated heterocycles. The average molecular weight is 442 g/mol. The first-order chi connectivity index (χ1) is 12.1. The molecular weight excluding hydrogens is 425 g/mol. The lowest BCUT2D eigenvalue weighted by Crippen LogP contribution is -2.19. The lowest BCUT2D eigenvalue weighted by molar-refractivity contribution is -0.135. The SMILES string of the molecule is COC(=O)/C=C1/S/C(=N\N=Cc2cc(C(C)(C)C)cc(Br)c2F)NC1=O. The summed E-state index contributed by atoms with van der Waals surface area (Å²) in [5.74, 6) is -1.56. The number of rotatable bonds is 3. The smallest absolute Gasteiger partial charge is 0.331 e. The van der Waals surface area contributed by atoms with Gasteiger partial charge >= 0.3 is 5.97 Å². The summed E-state index contributed by atoms with van der Waals surface area (Å²) in [6.45, 7) is 6.06. The molecule has 1 aliphatic heterocycles. The number of carbonyl (C=O) groups excluding carboxylic acids is 2. The van der Waals surface area contributed by atoms with E-state index in [1.54, 1.807) is 12.1 Å². The number of benzene rings is 1. The third kappa shape index (κ3) is 5.01. The fourth-order valence-electron chi connectivity index (χ4n) is 1.92. The molecule has 2 rings (SSSR count). The van der Waals surface area contributed by atoms with E-state index >= 15 is 0 Å². The Balaban J connectivity index is 2.22. The van der Waals surface area contributed by atoms with Crippen molar-refractivity contribution in [1.82, 2.24) is 5.32 Å². The van der Waals surface area contributed by atoms with Gasteiger partial charge in [-0.1, -0.05) is 20.8 Å². The van der Waals surface area contributed by atoms with Crippen molar-refractivity contribution in [2.24, 2.45) is 10.2 Å². The molecule has 0 saturated carbocycles. The van der Waals surface area contributed by atoms with E-state index < -0.39 is 17.7 Å². The predicted molar refractivity (Wildman–Crippen MR) is 104 cm³/mol. The monoisotopic (exact) mass is 441 g/mol. The van der Waals surface area contributed by atoms with E-state index in [1.807, 2.05) is 20.8 Å². The Bertz CT molecular complexity index is 844. The van der Waals surface area contributed by atoms with Crippen molar-refractivity contribution in [3.8, 4) is 0 Å². The molecule has 1 N–H and O–H groups in total. The Hall–Kier alpha value is -2.00. The maximum absolute atomic E-state index is 14.3. The van der Waals surface area contributed by atoms with Gasteiger partial charge in [0.2, 0.25) is 0 Å². The summed E-state index contributed by atoms with van der Waals surface area (Å²) in [4.78, 5) is 23.1. The predicted octanol–water partition coefficient (Wildman–Crippen LogP) is 3.50. The van der Waals surface area contributed by atoms with Crippen molar-refractivity contribution in [3.05, 3.63) is 44.5 Å². The molecule has 1 fully saturated rings. The lowest BCUT2D eigenvalue weighted by atomic mass is 9.86. The zero-order valence-corrected chi connectivity index (χ0v) is 17.0. The van der Waals surface area contributed by atoms with Gasteiger partial charge in [-0.2, -0.15) is 5.10 Å². The minimum absolute atomic E-state index is 0.148.